The second-order valence-electron chi connectivity index (χ2n) is 11.3. The molecule has 50 heavy (non-hydrogen) atoms. The Balaban J connectivity index is 0.000000194. The maximum absolute atomic E-state index is 13.1. The van der Waals surface area contributed by atoms with E-state index in [1.54, 1.807) is 60.7 Å². The molecule has 0 unspecified atom stereocenters. The van der Waals surface area contributed by atoms with E-state index in [-0.39, 0.29) is 9.79 Å². The molecule has 16 heteroatoms. The molecule has 4 aromatic carbocycles. The van der Waals surface area contributed by atoms with E-state index in [1.165, 1.54) is 76.6 Å². The number of methoxy groups -OCH3 is 2. The van der Waals surface area contributed by atoms with Crippen LogP contribution in [0.2, 0.25) is 0 Å². The monoisotopic (exact) mass is 720 g/mol. The number of nitrogens with one attached hydrogen (secondary N) is 2. The van der Waals surface area contributed by atoms with Crippen LogP contribution < -0.4 is 20.1 Å². The SMILES string of the molecule is COc1ccc(S(=O)(=O)N2C(=O)NC(=O)[C@@]2(C)c2ccccc2)cc1.COc1ccc(S(=O)(=O)N2C(=O)NC(=O)[C@]2(C)c2ccccc2)cc1. The van der Waals surface area contributed by atoms with Crippen LogP contribution in [0.4, 0.5) is 9.59 Å². The van der Waals surface area contributed by atoms with Crippen molar-refractivity contribution < 1.29 is 45.5 Å². The average molecular weight is 721 g/mol. The number of amides is 6. The van der Waals surface area contributed by atoms with Gasteiger partial charge in [0.05, 0.1) is 24.0 Å². The molecular formula is C34H32N4O10S2. The fourth-order valence-electron chi connectivity index (χ4n) is 5.56. The summed E-state index contributed by atoms with van der Waals surface area (Å²) in [6.07, 6.45) is 0. The fourth-order valence-corrected chi connectivity index (χ4v) is 8.80. The highest BCUT2D eigenvalue weighted by Gasteiger charge is 2.57. The van der Waals surface area contributed by atoms with E-state index in [4.69, 9.17) is 9.47 Å². The highest BCUT2D eigenvalue weighted by atomic mass is 32.2. The van der Waals surface area contributed by atoms with Crippen molar-refractivity contribution in [3.63, 3.8) is 0 Å². The number of hydrogen-bond donors (Lipinski definition) is 2. The summed E-state index contributed by atoms with van der Waals surface area (Å²) < 4.78 is 63.4. The lowest BCUT2D eigenvalue weighted by molar-refractivity contribution is -0.125. The van der Waals surface area contributed by atoms with Crippen LogP contribution >= 0.6 is 0 Å². The van der Waals surface area contributed by atoms with E-state index < -0.39 is 55.0 Å². The van der Waals surface area contributed by atoms with Crippen LogP contribution in [-0.2, 0) is 40.7 Å². The van der Waals surface area contributed by atoms with Crippen molar-refractivity contribution in [1.82, 2.24) is 19.2 Å². The molecule has 0 spiro atoms. The zero-order valence-electron chi connectivity index (χ0n) is 27.2. The van der Waals surface area contributed by atoms with E-state index in [2.05, 4.69) is 10.6 Å². The van der Waals surface area contributed by atoms with E-state index in [9.17, 15) is 36.0 Å². The third kappa shape index (κ3) is 5.92. The summed E-state index contributed by atoms with van der Waals surface area (Å²) in [5.41, 5.74) is -2.54. The minimum atomic E-state index is -4.26. The number of nitrogens with zero attached hydrogens (tertiary/aromatic N) is 2. The first kappa shape index (κ1) is 35.6. The standard InChI is InChI=1S/2C17H16N2O5S/c2*1-17(12-6-4-3-5-7-12)15(20)18-16(21)19(17)25(22,23)14-10-8-13(24-2)9-11-14/h2*3-11H,1-2H3,(H,18,20,21)/t2*17-/m10/s1. The molecule has 2 aliphatic heterocycles. The second-order valence-corrected chi connectivity index (χ2v) is 14.9. The fraction of sp³-hybridized carbons (Fsp3) is 0.176. The van der Waals surface area contributed by atoms with Crippen molar-refractivity contribution in [2.45, 2.75) is 34.7 Å². The van der Waals surface area contributed by atoms with Gasteiger partial charge in [-0.25, -0.2) is 26.4 Å². The summed E-state index contributed by atoms with van der Waals surface area (Å²) in [5, 5.41) is 4.20. The first-order valence-electron chi connectivity index (χ1n) is 14.8. The van der Waals surface area contributed by atoms with Gasteiger partial charge in [-0.1, -0.05) is 60.7 Å². The van der Waals surface area contributed by atoms with Gasteiger partial charge in [0.2, 0.25) is 0 Å². The van der Waals surface area contributed by atoms with Gasteiger partial charge in [0.15, 0.2) is 11.1 Å². The number of ether oxygens (including phenoxy) is 2. The minimum absolute atomic E-state index is 0.111. The molecule has 0 saturated carbocycles. The van der Waals surface area contributed by atoms with Crippen LogP contribution in [0.25, 0.3) is 0 Å². The summed E-state index contributed by atoms with van der Waals surface area (Å²) >= 11 is 0. The molecule has 2 aliphatic rings. The molecular weight excluding hydrogens is 689 g/mol. The number of urea groups is 2. The molecule has 0 bridgehead atoms. The smallest absolute Gasteiger partial charge is 0.339 e. The third-order valence-electron chi connectivity index (χ3n) is 8.37. The number of sulfonamides is 2. The van der Waals surface area contributed by atoms with Crippen molar-refractivity contribution >= 4 is 43.9 Å². The van der Waals surface area contributed by atoms with Crippen LogP contribution in [0, 0.1) is 0 Å². The maximum atomic E-state index is 13.1. The van der Waals surface area contributed by atoms with Gasteiger partial charge in [-0.05, 0) is 73.5 Å². The Kier molecular flexibility index (Phi) is 9.45. The van der Waals surface area contributed by atoms with Crippen molar-refractivity contribution in [1.29, 1.82) is 0 Å². The molecule has 6 rings (SSSR count). The Morgan fingerprint density at radius 2 is 0.800 bits per heavy atom. The Bertz CT molecular complexity index is 2010. The number of imide groups is 2. The van der Waals surface area contributed by atoms with Gasteiger partial charge >= 0.3 is 12.1 Å². The van der Waals surface area contributed by atoms with Crippen LogP contribution in [0.15, 0.2) is 119 Å². The zero-order chi connectivity index (χ0) is 36.5. The van der Waals surface area contributed by atoms with E-state index >= 15 is 0 Å². The molecule has 2 N–H and O–H groups in total. The predicted octanol–water partition coefficient (Wildman–Crippen LogP) is 3.70. The average Bonchev–Trinajstić information content (AvgIpc) is 3.51. The number of hydrogen-bond acceptors (Lipinski definition) is 10. The summed E-state index contributed by atoms with van der Waals surface area (Å²) in [6.45, 7) is 2.81. The lowest BCUT2D eigenvalue weighted by Gasteiger charge is -2.31. The van der Waals surface area contributed by atoms with Gasteiger partial charge < -0.3 is 9.47 Å². The van der Waals surface area contributed by atoms with Crippen LogP contribution in [0.5, 0.6) is 11.5 Å². The summed E-state index contributed by atoms with van der Waals surface area (Å²) in [5.74, 6) is -0.431. The first-order chi connectivity index (χ1) is 23.6. The lowest BCUT2D eigenvalue weighted by Crippen LogP contribution is -2.47. The van der Waals surface area contributed by atoms with E-state index in [0.29, 0.717) is 31.2 Å². The van der Waals surface area contributed by atoms with Crippen molar-refractivity contribution in [2.24, 2.45) is 0 Å². The predicted molar refractivity (Wildman–Crippen MR) is 179 cm³/mol. The molecule has 0 aromatic heterocycles. The van der Waals surface area contributed by atoms with Crippen molar-refractivity contribution in [3.05, 3.63) is 120 Å². The van der Waals surface area contributed by atoms with Crippen LogP contribution in [0.3, 0.4) is 0 Å². The highest BCUT2D eigenvalue weighted by molar-refractivity contribution is 7.90. The number of rotatable bonds is 8. The largest absolute Gasteiger partial charge is 0.497 e. The lowest BCUT2D eigenvalue weighted by atomic mass is 9.92. The Hall–Kier alpha value is -5.74. The molecule has 2 heterocycles. The second kappa shape index (κ2) is 13.3. The summed E-state index contributed by atoms with van der Waals surface area (Å²) in [4.78, 5) is 49.3. The van der Waals surface area contributed by atoms with Gasteiger partial charge in [-0.2, -0.15) is 8.61 Å². The molecule has 0 aliphatic carbocycles. The van der Waals surface area contributed by atoms with Gasteiger partial charge in [0.25, 0.3) is 31.9 Å². The third-order valence-corrected chi connectivity index (χ3v) is 12.1. The Morgan fingerprint density at radius 3 is 1.08 bits per heavy atom. The summed E-state index contributed by atoms with van der Waals surface area (Å²) in [7, 11) is -5.59. The zero-order valence-corrected chi connectivity index (χ0v) is 28.8. The van der Waals surface area contributed by atoms with Gasteiger partial charge in [0, 0.05) is 0 Å². The number of carbonyl (C=O) groups excluding carboxylic acids is 4. The molecule has 14 nitrogen and oxygen atoms in total. The molecule has 6 amide bonds. The molecule has 2 saturated heterocycles. The Morgan fingerprint density at radius 1 is 0.500 bits per heavy atom. The van der Waals surface area contributed by atoms with Crippen LogP contribution in [0.1, 0.15) is 25.0 Å². The molecule has 2 fully saturated rings. The first-order valence-corrected chi connectivity index (χ1v) is 17.7. The number of benzene rings is 4. The van der Waals surface area contributed by atoms with Crippen LogP contribution in [-0.4, -0.2) is 63.5 Å². The quantitative estimate of drug-likeness (QED) is 0.254. The maximum Gasteiger partial charge on any atom is 0.339 e. The number of carbonyl (C=O) groups is 4. The normalized spacial score (nSPS) is 20.5. The van der Waals surface area contributed by atoms with Gasteiger partial charge in [-0.3, -0.25) is 20.2 Å². The minimum Gasteiger partial charge on any atom is -0.497 e. The van der Waals surface area contributed by atoms with Crippen molar-refractivity contribution in [3.8, 4) is 11.5 Å². The van der Waals surface area contributed by atoms with Gasteiger partial charge in [0.1, 0.15) is 11.5 Å². The van der Waals surface area contributed by atoms with E-state index in [1.807, 2.05) is 0 Å². The van der Waals surface area contributed by atoms with E-state index in [0.717, 1.165) is 0 Å². The van der Waals surface area contributed by atoms with Gasteiger partial charge in [-0.15, -0.1) is 0 Å². The highest BCUT2D eigenvalue weighted by Crippen LogP contribution is 2.39. The Labute approximate surface area is 288 Å². The van der Waals surface area contributed by atoms with Crippen molar-refractivity contribution in [2.75, 3.05) is 14.2 Å². The topological polar surface area (TPSA) is 186 Å². The molecule has 2 atom stereocenters. The molecule has 4 aromatic rings. The molecule has 0 radical (unpaired) electrons. The summed E-state index contributed by atoms with van der Waals surface area (Å²) in [6, 6.07) is 25.9. The molecule has 260 valence electrons.